The normalized spacial score (nSPS) is 14.3. The molecule has 0 bridgehead atoms. The summed E-state index contributed by atoms with van der Waals surface area (Å²) in [6.45, 7) is 3.59. The van der Waals surface area contributed by atoms with Crippen LogP contribution in [0.25, 0.3) is 0 Å². The van der Waals surface area contributed by atoms with E-state index in [0.29, 0.717) is 0 Å². The second kappa shape index (κ2) is 5.44. The number of carbonyl (C=O) groups excluding carboxylic acids is 1. The molecule has 0 amide bonds. The highest BCUT2D eigenvalue weighted by molar-refractivity contribution is 5.86. The Morgan fingerprint density at radius 1 is 1.29 bits per heavy atom. The maximum Gasteiger partial charge on any atom is 0.455 e. The van der Waals surface area contributed by atoms with Gasteiger partial charge in [0.15, 0.2) is 0 Å². The standard InChI is InChI=1S/C9H11F5O3/c1-5(2)7(15)17-6(3)16-4-8(10,11)9(12,13)14/h6H,1,4H2,2-3H3. The monoisotopic (exact) mass is 262 g/mol. The molecular formula is C9H11F5O3. The predicted molar refractivity (Wildman–Crippen MR) is 47.3 cm³/mol. The van der Waals surface area contributed by atoms with Crippen molar-refractivity contribution in [1.29, 1.82) is 0 Å². The molecule has 100 valence electrons. The molecule has 0 aromatic heterocycles. The molecule has 0 spiro atoms. The van der Waals surface area contributed by atoms with Crippen molar-refractivity contribution in [2.75, 3.05) is 6.61 Å². The van der Waals surface area contributed by atoms with Gasteiger partial charge in [-0.05, 0) is 13.8 Å². The molecule has 1 atom stereocenters. The lowest BCUT2D eigenvalue weighted by Gasteiger charge is -2.21. The van der Waals surface area contributed by atoms with E-state index in [2.05, 4.69) is 16.1 Å². The third-order valence-corrected chi connectivity index (χ3v) is 1.54. The topological polar surface area (TPSA) is 35.5 Å². The van der Waals surface area contributed by atoms with Gasteiger partial charge < -0.3 is 9.47 Å². The Balaban J connectivity index is 4.21. The summed E-state index contributed by atoms with van der Waals surface area (Å²) in [6.07, 6.45) is -7.22. The Hall–Kier alpha value is -1.18. The lowest BCUT2D eigenvalue weighted by molar-refractivity contribution is -0.307. The molecule has 0 saturated carbocycles. The zero-order chi connectivity index (χ0) is 13.9. The minimum Gasteiger partial charge on any atom is -0.433 e. The molecule has 3 nitrogen and oxygen atoms in total. The molecule has 0 radical (unpaired) electrons. The fourth-order valence-electron chi connectivity index (χ4n) is 0.589. The van der Waals surface area contributed by atoms with Crippen molar-refractivity contribution in [2.45, 2.75) is 32.2 Å². The highest BCUT2D eigenvalue weighted by Crippen LogP contribution is 2.35. The summed E-state index contributed by atoms with van der Waals surface area (Å²) in [6, 6.07) is 0. The number of halogens is 5. The third kappa shape index (κ3) is 5.12. The highest BCUT2D eigenvalue weighted by atomic mass is 19.4. The zero-order valence-electron chi connectivity index (χ0n) is 9.11. The van der Waals surface area contributed by atoms with Gasteiger partial charge in [0.2, 0.25) is 6.29 Å². The highest BCUT2D eigenvalue weighted by Gasteiger charge is 2.57. The van der Waals surface area contributed by atoms with Gasteiger partial charge in [0.1, 0.15) is 6.61 Å². The molecular weight excluding hydrogens is 251 g/mol. The molecule has 0 heterocycles. The van der Waals surface area contributed by atoms with E-state index in [1.165, 1.54) is 6.92 Å². The quantitative estimate of drug-likeness (QED) is 0.331. The van der Waals surface area contributed by atoms with Crippen LogP contribution >= 0.6 is 0 Å². The van der Waals surface area contributed by atoms with E-state index in [0.717, 1.165) is 6.92 Å². The maximum absolute atomic E-state index is 12.4. The van der Waals surface area contributed by atoms with E-state index in [1.807, 2.05) is 0 Å². The first kappa shape index (κ1) is 15.8. The molecule has 0 rings (SSSR count). The summed E-state index contributed by atoms with van der Waals surface area (Å²) in [5, 5.41) is 0. The molecule has 0 aliphatic heterocycles. The average molecular weight is 262 g/mol. The Morgan fingerprint density at radius 2 is 1.76 bits per heavy atom. The van der Waals surface area contributed by atoms with Gasteiger partial charge in [0, 0.05) is 5.57 Å². The van der Waals surface area contributed by atoms with E-state index < -0.39 is 31.0 Å². The van der Waals surface area contributed by atoms with Gasteiger partial charge in [0.05, 0.1) is 0 Å². The largest absolute Gasteiger partial charge is 0.455 e. The minimum atomic E-state index is -5.70. The number of ether oxygens (including phenoxy) is 2. The Labute approximate surface area is 94.2 Å². The van der Waals surface area contributed by atoms with Crippen molar-refractivity contribution in [3.05, 3.63) is 12.2 Å². The van der Waals surface area contributed by atoms with Crippen LogP contribution in [-0.2, 0) is 14.3 Å². The van der Waals surface area contributed by atoms with Gasteiger partial charge >= 0.3 is 18.1 Å². The molecule has 8 heteroatoms. The van der Waals surface area contributed by atoms with Crippen LogP contribution in [0.15, 0.2) is 12.2 Å². The summed E-state index contributed by atoms with van der Waals surface area (Å²) in [5.41, 5.74) is -0.0250. The zero-order valence-corrected chi connectivity index (χ0v) is 9.11. The van der Waals surface area contributed by atoms with Crippen molar-refractivity contribution >= 4 is 5.97 Å². The smallest absolute Gasteiger partial charge is 0.433 e. The van der Waals surface area contributed by atoms with Crippen LogP contribution in [0, 0.1) is 0 Å². The summed E-state index contributed by atoms with van der Waals surface area (Å²) < 4.78 is 68.4. The summed E-state index contributed by atoms with van der Waals surface area (Å²) in [4.78, 5) is 10.9. The number of rotatable bonds is 5. The van der Waals surface area contributed by atoms with Crippen LogP contribution in [0.1, 0.15) is 13.8 Å². The SMILES string of the molecule is C=C(C)C(=O)OC(C)OCC(F)(F)C(F)(F)F. The third-order valence-electron chi connectivity index (χ3n) is 1.54. The summed E-state index contributed by atoms with van der Waals surface area (Å²) in [7, 11) is 0. The van der Waals surface area contributed by atoms with Crippen LogP contribution < -0.4 is 0 Å². The van der Waals surface area contributed by atoms with Gasteiger partial charge in [-0.1, -0.05) is 6.58 Å². The minimum absolute atomic E-state index is 0.0250. The second-order valence-electron chi connectivity index (χ2n) is 3.27. The van der Waals surface area contributed by atoms with E-state index in [9.17, 15) is 26.7 Å². The van der Waals surface area contributed by atoms with E-state index in [4.69, 9.17) is 0 Å². The summed E-state index contributed by atoms with van der Waals surface area (Å²) in [5.74, 6) is -5.93. The number of alkyl halides is 5. The lowest BCUT2D eigenvalue weighted by Crippen LogP contribution is -2.42. The predicted octanol–water partition coefficient (Wildman–Crippen LogP) is 2.67. The second-order valence-corrected chi connectivity index (χ2v) is 3.27. The van der Waals surface area contributed by atoms with Crippen LogP contribution in [0.5, 0.6) is 0 Å². The first-order chi connectivity index (χ1) is 7.47. The van der Waals surface area contributed by atoms with Crippen LogP contribution in [0.2, 0.25) is 0 Å². The van der Waals surface area contributed by atoms with Crippen LogP contribution in [0.4, 0.5) is 22.0 Å². The maximum atomic E-state index is 12.4. The molecule has 0 aliphatic carbocycles. The van der Waals surface area contributed by atoms with Crippen molar-refractivity contribution in [1.82, 2.24) is 0 Å². The van der Waals surface area contributed by atoms with Gasteiger partial charge in [-0.15, -0.1) is 0 Å². The van der Waals surface area contributed by atoms with Crippen molar-refractivity contribution < 1.29 is 36.2 Å². The number of hydrogen-bond donors (Lipinski definition) is 0. The molecule has 1 unspecified atom stereocenters. The molecule has 0 saturated heterocycles. The van der Waals surface area contributed by atoms with E-state index in [-0.39, 0.29) is 5.57 Å². The van der Waals surface area contributed by atoms with Gasteiger partial charge in [-0.3, -0.25) is 0 Å². The average Bonchev–Trinajstić information content (AvgIpc) is 2.12. The molecule has 0 aromatic rings. The number of carbonyl (C=O) groups is 1. The molecule has 0 N–H and O–H groups in total. The lowest BCUT2D eigenvalue weighted by atomic mass is 10.3. The van der Waals surface area contributed by atoms with Crippen LogP contribution in [-0.4, -0.2) is 31.0 Å². The first-order valence-corrected chi connectivity index (χ1v) is 4.40. The fourth-order valence-corrected chi connectivity index (χ4v) is 0.589. The van der Waals surface area contributed by atoms with Gasteiger partial charge in [0.25, 0.3) is 0 Å². The van der Waals surface area contributed by atoms with Crippen molar-refractivity contribution in [3.63, 3.8) is 0 Å². The van der Waals surface area contributed by atoms with Gasteiger partial charge in [-0.2, -0.15) is 22.0 Å². The molecule has 0 fully saturated rings. The Kier molecular flexibility index (Phi) is 5.06. The first-order valence-electron chi connectivity index (χ1n) is 4.40. The molecule has 0 aromatic carbocycles. The van der Waals surface area contributed by atoms with E-state index >= 15 is 0 Å². The van der Waals surface area contributed by atoms with Crippen LogP contribution in [0.3, 0.4) is 0 Å². The molecule has 17 heavy (non-hydrogen) atoms. The number of hydrogen-bond acceptors (Lipinski definition) is 3. The van der Waals surface area contributed by atoms with Crippen molar-refractivity contribution in [3.8, 4) is 0 Å². The van der Waals surface area contributed by atoms with E-state index in [1.54, 1.807) is 0 Å². The fraction of sp³-hybridized carbons (Fsp3) is 0.667. The Bertz CT molecular complexity index is 297. The molecule has 0 aliphatic rings. The van der Waals surface area contributed by atoms with Gasteiger partial charge in [-0.25, -0.2) is 4.79 Å². The number of esters is 1. The summed E-state index contributed by atoms with van der Waals surface area (Å²) >= 11 is 0. The van der Waals surface area contributed by atoms with Crippen molar-refractivity contribution in [2.24, 2.45) is 0 Å². The Morgan fingerprint density at radius 3 is 2.12 bits per heavy atom.